The number of hydrogen-bond acceptors (Lipinski definition) is 3. The fraction of sp³-hybridized carbons (Fsp3) is 0.0154. The molecule has 1 aliphatic rings. The van der Waals surface area contributed by atoms with Crippen molar-refractivity contribution in [2.45, 2.75) is 5.41 Å². The Morgan fingerprint density at radius 1 is 0.353 bits per heavy atom. The third-order valence-electron chi connectivity index (χ3n) is 14.4. The van der Waals surface area contributed by atoms with Crippen LogP contribution in [0.2, 0.25) is 0 Å². The molecule has 14 rings (SSSR count). The van der Waals surface area contributed by atoms with E-state index in [1.807, 2.05) is 11.3 Å². The smallest absolute Gasteiger partial charge is 0.143 e. The van der Waals surface area contributed by atoms with Crippen LogP contribution in [-0.4, -0.2) is 0 Å². The van der Waals surface area contributed by atoms with Crippen LogP contribution in [-0.2, 0) is 5.41 Å². The Labute approximate surface area is 398 Å². The molecule has 0 saturated carbocycles. The number of benzene rings is 11. The minimum atomic E-state index is -0.522. The molecule has 318 valence electrons. The lowest BCUT2D eigenvalue weighted by atomic mass is 9.67. The fourth-order valence-electron chi connectivity index (χ4n) is 11.3. The first kappa shape index (κ1) is 38.7. The molecule has 1 aliphatic carbocycles. The summed E-state index contributed by atoms with van der Waals surface area (Å²) in [5.41, 5.74) is 16.8. The van der Waals surface area contributed by atoms with Crippen molar-refractivity contribution in [2.75, 3.05) is 4.90 Å². The van der Waals surface area contributed by atoms with Crippen molar-refractivity contribution >= 4 is 81.3 Å². The van der Waals surface area contributed by atoms with Crippen molar-refractivity contribution in [1.29, 1.82) is 0 Å². The van der Waals surface area contributed by atoms with E-state index in [0.29, 0.717) is 0 Å². The van der Waals surface area contributed by atoms with Crippen LogP contribution in [0.25, 0.3) is 86.3 Å². The van der Waals surface area contributed by atoms with Crippen LogP contribution in [0.5, 0.6) is 0 Å². The van der Waals surface area contributed by atoms with Gasteiger partial charge in [-0.15, -0.1) is 11.3 Å². The van der Waals surface area contributed by atoms with Gasteiger partial charge < -0.3 is 9.32 Å². The molecule has 68 heavy (non-hydrogen) atoms. The molecule has 2 nitrogen and oxygen atoms in total. The van der Waals surface area contributed by atoms with E-state index in [1.165, 1.54) is 70.1 Å². The van der Waals surface area contributed by atoms with Gasteiger partial charge in [0.2, 0.25) is 0 Å². The molecular weight excluding hydrogens is 843 g/mol. The van der Waals surface area contributed by atoms with Crippen LogP contribution in [0.1, 0.15) is 22.3 Å². The average Bonchev–Trinajstić information content (AvgIpc) is 4.08. The maximum absolute atomic E-state index is 6.62. The number of thiophene rings is 1. The van der Waals surface area contributed by atoms with Gasteiger partial charge >= 0.3 is 0 Å². The molecule has 0 N–H and O–H groups in total. The lowest BCUT2D eigenvalue weighted by Crippen LogP contribution is -2.28. The monoisotopic (exact) mass is 883 g/mol. The van der Waals surface area contributed by atoms with Crippen molar-refractivity contribution < 1.29 is 4.42 Å². The molecule has 0 bridgehead atoms. The maximum Gasteiger partial charge on any atom is 0.143 e. The first-order valence-electron chi connectivity index (χ1n) is 23.3. The zero-order valence-corrected chi connectivity index (χ0v) is 37.8. The Balaban J connectivity index is 0.941. The van der Waals surface area contributed by atoms with Gasteiger partial charge in [-0.3, -0.25) is 0 Å². The van der Waals surface area contributed by atoms with E-state index in [-0.39, 0.29) is 0 Å². The maximum atomic E-state index is 6.62. The molecule has 0 spiro atoms. The van der Waals surface area contributed by atoms with E-state index >= 15 is 0 Å². The molecule has 0 atom stereocenters. The largest absolute Gasteiger partial charge is 0.455 e. The first-order valence-corrected chi connectivity index (χ1v) is 24.1. The van der Waals surface area contributed by atoms with Crippen molar-refractivity contribution in [1.82, 2.24) is 0 Å². The molecule has 0 saturated heterocycles. The second-order valence-corrected chi connectivity index (χ2v) is 19.0. The van der Waals surface area contributed by atoms with Crippen LogP contribution in [0.4, 0.5) is 17.1 Å². The molecule has 3 heteroatoms. The Hall–Kier alpha value is -8.50. The van der Waals surface area contributed by atoms with Gasteiger partial charge in [-0.1, -0.05) is 182 Å². The zero-order valence-electron chi connectivity index (χ0n) is 36.9. The van der Waals surface area contributed by atoms with Crippen LogP contribution >= 0.6 is 11.3 Å². The summed E-state index contributed by atoms with van der Waals surface area (Å²) in [5, 5.41) is 7.19. The van der Waals surface area contributed by atoms with E-state index in [4.69, 9.17) is 4.42 Å². The Bertz CT molecular complexity index is 4030. The van der Waals surface area contributed by atoms with Gasteiger partial charge in [0.1, 0.15) is 11.2 Å². The standard InChI is InChI=1S/C65H41NOS/c1-3-15-46(16-4-1)65(47-17-5-2-6-18-47)58-23-11-9-20-53(58)54-38-36-50(41-59(54)65)66(48-32-26-42(27-33-48)45-31-39-62-57(40-45)55-21-10-12-25-61(55)68-62)49-34-28-44(29-35-49)51-22-13-24-60-63(51)56-37-30-43-14-7-8-19-52(43)64(56)67-60/h1-41H. The highest BCUT2D eigenvalue weighted by molar-refractivity contribution is 7.25. The Morgan fingerprint density at radius 3 is 1.74 bits per heavy atom. The SMILES string of the molecule is c1ccc(C2(c3ccccc3)c3ccccc3-c3ccc(N(c4ccc(-c5ccc6sc7ccccc7c6c5)cc4)c4ccc(-c5cccc6oc7c8ccccc8ccc7c56)cc4)cc32)cc1. The van der Waals surface area contributed by atoms with Crippen molar-refractivity contribution in [3.05, 3.63) is 271 Å². The molecule has 2 aromatic heterocycles. The van der Waals surface area contributed by atoms with E-state index in [0.717, 1.165) is 55.5 Å². The van der Waals surface area contributed by atoms with E-state index < -0.39 is 5.41 Å². The first-order chi connectivity index (χ1) is 33.7. The summed E-state index contributed by atoms with van der Waals surface area (Å²) >= 11 is 1.86. The van der Waals surface area contributed by atoms with Crippen molar-refractivity contribution in [3.63, 3.8) is 0 Å². The van der Waals surface area contributed by atoms with Crippen LogP contribution < -0.4 is 4.90 Å². The fourth-order valence-corrected chi connectivity index (χ4v) is 12.4. The number of hydrogen-bond donors (Lipinski definition) is 0. The Morgan fingerprint density at radius 2 is 0.956 bits per heavy atom. The van der Waals surface area contributed by atoms with Gasteiger partial charge in [0, 0.05) is 53.4 Å². The molecule has 0 radical (unpaired) electrons. The summed E-state index contributed by atoms with van der Waals surface area (Å²) in [6, 6.07) is 91.4. The van der Waals surface area contributed by atoms with Crippen molar-refractivity contribution in [3.8, 4) is 33.4 Å². The third kappa shape index (κ3) is 5.83. The normalized spacial score (nSPS) is 12.8. The molecule has 0 fully saturated rings. The topological polar surface area (TPSA) is 16.4 Å². The summed E-state index contributed by atoms with van der Waals surface area (Å²) in [4.78, 5) is 2.42. The third-order valence-corrected chi connectivity index (χ3v) is 15.5. The summed E-state index contributed by atoms with van der Waals surface area (Å²) in [6.45, 7) is 0. The quantitative estimate of drug-likeness (QED) is 0.159. The predicted molar refractivity (Wildman–Crippen MR) is 287 cm³/mol. The predicted octanol–water partition coefficient (Wildman–Crippen LogP) is 18.3. The zero-order chi connectivity index (χ0) is 44.8. The number of anilines is 3. The van der Waals surface area contributed by atoms with Crippen LogP contribution in [0.15, 0.2) is 253 Å². The van der Waals surface area contributed by atoms with Crippen LogP contribution in [0.3, 0.4) is 0 Å². The minimum Gasteiger partial charge on any atom is -0.455 e. The molecule has 11 aromatic carbocycles. The molecule has 2 heterocycles. The lowest BCUT2D eigenvalue weighted by Gasteiger charge is -2.35. The second kappa shape index (κ2) is 15.3. The molecular formula is C65H41NOS. The summed E-state index contributed by atoms with van der Waals surface area (Å²) in [5.74, 6) is 0. The highest BCUT2D eigenvalue weighted by Gasteiger charge is 2.46. The number of rotatable bonds is 7. The van der Waals surface area contributed by atoms with E-state index in [1.54, 1.807) is 0 Å². The summed E-state index contributed by atoms with van der Waals surface area (Å²) in [6.07, 6.45) is 0. The summed E-state index contributed by atoms with van der Waals surface area (Å²) < 4.78 is 9.25. The molecule has 13 aromatic rings. The van der Waals surface area contributed by atoms with Gasteiger partial charge in [-0.25, -0.2) is 0 Å². The van der Waals surface area contributed by atoms with E-state index in [2.05, 4.69) is 254 Å². The second-order valence-electron chi connectivity index (χ2n) is 17.9. The van der Waals surface area contributed by atoms with Gasteiger partial charge in [-0.05, 0) is 128 Å². The van der Waals surface area contributed by atoms with Gasteiger partial charge in [-0.2, -0.15) is 0 Å². The highest BCUT2D eigenvalue weighted by atomic mass is 32.1. The van der Waals surface area contributed by atoms with Gasteiger partial charge in [0.15, 0.2) is 0 Å². The Kier molecular flexibility index (Phi) is 8.71. The lowest BCUT2D eigenvalue weighted by molar-refractivity contribution is 0.673. The average molecular weight is 884 g/mol. The van der Waals surface area contributed by atoms with Crippen molar-refractivity contribution in [2.24, 2.45) is 0 Å². The molecule has 0 amide bonds. The number of nitrogens with zero attached hydrogens (tertiary/aromatic N) is 1. The number of fused-ring (bicyclic) bond motifs is 11. The highest BCUT2D eigenvalue weighted by Crippen LogP contribution is 2.57. The van der Waals surface area contributed by atoms with E-state index in [9.17, 15) is 0 Å². The molecule has 0 unspecified atom stereocenters. The van der Waals surface area contributed by atoms with Gasteiger partial charge in [0.05, 0.1) is 5.41 Å². The molecule has 0 aliphatic heterocycles. The summed E-state index contributed by atoms with van der Waals surface area (Å²) in [7, 11) is 0. The van der Waals surface area contributed by atoms with Gasteiger partial charge in [0.25, 0.3) is 0 Å². The number of furan rings is 1. The van der Waals surface area contributed by atoms with Crippen LogP contribution in [0, 0.1) is 0 Å². The minimum absolute atomic E-state index is 0.522.